The number of hydrogen-bond donors (Lipinski definition) is 1. The molecule has 0 atom stereocenters. The minimum Gasteiger partial charge on any atom is -0.484 e. The maximum Gasteiger partial charge on any atom is 0.343 e. The zero-order valence-electron chi connectivity index (χ0n) is 17.4. The summed E-state index contributed by atoms with van der Waals surface area (Å²) in [5.41, 5.74) is 3.61. The molecule has 4 rings (SSSR count). The van der Waals surface area contributed by atoms with E-state index in [9.17, 15) is 9.59 Å². The van der Waals surface area contributed by atoms with Gasteiger partial charge in [0, 0.05) is 4.47 Å². The minimum atomic E-state index is -0.448. The third-order valence-electron chi connectivity index (χ3n) is 4.64. The van der Waals surface area contributed by atoms with E-state index in [0.29, 0.717) is 17.1 Å². The molecule has 0 aromatic heterocycles. The molecular formula is C26H19BrN2O4. The summed E-state index contributed by atoms with van der Waals surface area (Å²) in [6, 6.07) is 27.3. The van der Waals surface area contributed by atoms with Gasteiger partial charge in [-0.25, -0.2) is 10.2 Å². The lowest BCUT2D eigenvalue weighted by Gasteiger charge is -2.06. The molecule has 0 fully saturated rings. The van der Waals surface area contributed by atoms with Gasteiger partial charge in [0.15, 0.2) is 6.61 Å². The van der Waals surface area contributed by atoms with Gasteiger partial charge in [0.2, 0.25) is 0 Å². The number of fused-ring (bicyclic) bond motifs is 1. The Morgan fingerprint density at radius 1 is 0.848 bits per heavy atom. The van der Waals surface area contributed by atoms with Crippen LogP contribution in [0.4, 0.5) is 0 Å². The van der Waals surface area contributed by atoms with Crippen molar-refractivity contribution in [3.63, 3.8) is 0 Å². The molecule has 4 aromatic carbocycles. The highest BCUT2D eigenvalue weighted by Crippen LogP contribution is 2.20. The number of benzene rings is 4. The van der Waals surface area contributed by atoms with Crippen molar-refractivity contribution in [2.24, 2.45) is 5.10 Å². The Hall–Kier alpha value is -3.97. The van der Waals surface area contributed by atoms with E-state index in [1.807, 2.05) is 48.5 Å². The van der Waals surface area contributed by atoms with Gasteiger partial charge in [-0.2, -0.15) is 5.10 Å². The van der Waals surface area contributed by atoms with Crippen LogP contribution in [0.25, 0.3) is 10.8 Å². The van der Waals surface area contributed by atoms with Gasteiger partial charge in [0.25, 0.3) is 5.91 Å². The summed E-state index contributed by atoms with van der Waals surface area (Å²) in [5, 5.41) is 6.08. The average molecular weight is 503 g/mol. The number of hydrogen-bond acceptors (Lipinski definition) is 5. The maximum absolute atomic E-state index is 12.2. The standard InChI is InChI=1S/C26H19BrN2O4/c27-22-7-3-6-21(14-22)26(31)33-23-11-8-18(9-12-23)16-28-29-25(30)17-32-24-13-10-19-4-1-2-5-20(19)15-24/h1-16H,17H2,(H,29,30)/b28-16-. The lowest BCUT2D eigenvalue weighted by atomic mass is 10.1. The molecule has 0 aliphatic carbocycles. The van der Waals surface area contributed by atoms with Gasteiger partial charge in [-0.15, -0.1) is 0 Å². The smallest absolute Gasteiger partial charge is 0.343 e. The number of hydrazone groups is 1. The SMILES string of the molecule is O=C(COc1ccc2ccccc2c1)N/N=C\c1ccc(OC(=O)c2cccc(Br)c2)cc1. The first-order chi connectivity index (χ1) is 16.1. The van der Waals surface area contributed by atoms with Gasteiger partial charge < -0.3 is 9.47 Å². The van der Waals surface area contributed by atoms with Gasteiger partial charge in [0.05, 0.1) is 11.8 Å². The highest BCUT2D eigenvalue weighted by atomic mass is 79.9. The second-order valence-electron chi connectivity index (χ2n) is 7.06. The number of halogens is 1. The highest BCUT2D eigenvalue weighted by Gasteiger charge is 2.09. The van der Waals surface area contributed by atoms with Gasteiger partial charge in [-0.3, -0.25) is 4.79 Å². The number of ether oxygens (including phenoxy) is 2. The molecule has 0 aliphatic rings. The van der Waals surface area contributed by atoms with Crippen molar-refractivity contribution in [3.8, 4) is 11.5 Å². The first kappa shape index (κ1) is 22.2. The van der Waals surface area contributed by atoms with E-state index in [-0.39, 0.29) is 12.5 Å². The van der Waals surface area contributed by atoms with Crippen LogP contribution in [0.3, 0.4) is 0 Å². The fourth-order valence-corrected chi connectivity index (χ4v) is 3.42. The van der Waals surface area contributed by atoms with E-state index in [2.05, 4.69) is 26.5 Å². The average Bonchev–Trinajstić information content (AvgIpc) is 2.83. The molecule has 0 radical (unpaired) electrons. The molecule has 7 heteroatoms. The second kappa shape index (κ2) is 10.6. The van der Waals surface area contributed by atoms with E-state index in [0.717, 1.165) is 20.8 Å². The van der Waals surface area contributed by atoms with Crippen LogP contribution in [0, 0.1) is 0 Å². The number of amides is 1. The highest BCUT2D eigenvalue weighted by molar-refractivity contribution is 9.10. The molecule has 0 saturated heterocycles. The molecule has 0 bridgehead atoms. The van der Waals surface area contributed by atoms with Gasteiger partial charge >= 0.3 is 5.97 Å². The van der Waals surface area contributed by atoms with Crippen molar-refractivity contribution < 1.29 is 19.1 Å². The number of carbonyl (C=O) groups is 2. The van der Waals surface area contributed by atoms with Crippen LogP contribution >= 0.6 is 15.9 Å². The number of nitrogens with zero attached hydrogens (tertiary/aromatic N) is 1. The van der Waals surface area contributed by atoms with Crippen LogP contribution in [0.15, 0.2) is 101 Å². The monoisotopic (exact) mass is 502 g/mol. The van der Waals surface area contributed by atoms with Crippen molar-refractivity contribution in [2.75, 3.05) is 6.61 Å². The zero-order chi connectivity index (χ0) is 23.0. The summed E-state index contributed by atoms with van der Waals surface area (Å²) in [6.45, 7) is -0.153. The first-order valence-electron chi connectivity index (χ1n) is 10.1. The van der Waals surface area contributed by atoms with E-state index < -0.39 is 5.97 Å². The molecule has 0 spiro atoms. The largest absolute Gasteiger partial charge is 0.484 e. The Kier molecular flexibility index (Phi) is 7.12. The Balaban J connectivity index is 1.25. The summed E-state index contributed by atoms with van der Waals surface area (Å²) in [7, 11) is 0. The Morgan fingerprint density at radius 2 is 1.61 bits per heavy atom. The minimum absolute atomic E-state index is 0.153. The fraction of sp³-hybridized carbons (Fsp3) is 0.0385. The van der Waals surface area contributed by atoms with E-state index in [1.54, 1.807) is 42.5 Å². The number of rotatable bonds is 7. The van der Waals surface area contributed by atoms with Gasteiger partial charge in [-0.1, -0.05) is 52.3 Å². The zero-order valence-corrected chi connectivity index (χ0v) is 19.0. The Morgan fingerprint density at radius 3 is 2.39 bits per heavy atom. The van der Waals surface area contributed by atoms with Crippen molar-refractivity contribution >= 4 is 44.8 Å². The van der Waals surface area contributed by atoms with Crippen LogP contribution in [-0.2, 0) is 4.79 Å². The third kappa shape index (κ3) is 6.27. The van der Waals surface area contributed by atoms with Gasteiger partial charge in [0.1, 0.15) is 11.5 Å². The fourth-order valence-electron chi connectivity index (χ4n) is 3.02. The summed E-state index contributed by atoms with van der Waals surface area (Å²) < 4.78 is 11.7. The Labute approximate surface area is 199 Å². The molecule has 0 unspecified atom stereocenters. The molecule has 1 N–H and O–H groups in total. The van der Waals surface area contributed by atoms with Crippen molar-refractivity contribution in [1.82, 2.24) is 5.43 Å². The summed E-state index contributed by atoms with van der Waals surface area (Å²) in [4.78, 5) is 24.2. The van der Waals surface area contributed by atoms with Crippen LogP contribution in [0.2, 0.25) is 0 Å². The normalized spacial score (nSPS) is 10.8. The molecule has 0 saturated carbocycles. The summed E-state index contributed by atoms with van der Waals surface area (Å²) >= 11 is 3.33. The van der Waals surface area contributed by atoms with Crippen molar-refractivity contribution in [2.45, 2.75) is 0 Å². The van der Waals surface area contributed by atoms with Crippen LogP contribution < -0.4 is 14.9 Å². The number of esters is 1. The molecule has 0 aliphatic heterocycles. The van der Waals surface area contributed by atoms with E-state index in [1.165, 1.54) is 6.21 Å². The molecule has 33 heavy (non-hydrogen) atoms. The Bertz CT molecular complexity index is 1320. The molecule has 164 valence electrons. The summed E-state index contributed by atoms with van der Waals surface area (Å²) in [6.07, 6.45) is 1.49. The molecule has 4 aromatic rings. The second-order valence-corrected chi connectivity index (χ2v) is 7.98. The first-order valence-corrected chi connectivity index (χ1v) is 10.9. The van der Waals surface area contributed by atoms with Crippen LogP contribution in [-0.4, -0.2) is 24.7 Å². The molecule has 6 nitrogen and oxygen atoms in total. The predicted octanol–water partition coefficient (Wildman–Crippen LogP) is 5.35. The maximum atomic E-state index is 12.2. The van der Waals surface area contributed by atoms with Gasteiger partial charge in [-0.05, 0) is 70.9 Å². The van der Waals surface area contributed by atoms with E-state index in [4.69, 9.17) is 9.47 Å². The van der Waals surface area contributed by atoms with Crippen molar-refractivity contribution in [3.05, 3.63) is 107 Å². The lowest BCUT2D eigenvalue weighted by Crippen LogP contribution is -2.24. The van der Waals surface area contributed by atoms with Crippen LogP contribution in [0.5, 0.6) is 11.5 Å². The summed E-state index contributed by atoms with van der Waals surface area (Å²) in [5.74, 6) is 0.196. The molecule has 1 amide bonds. The number of carbonyl (C=O) groups excluding carboxylic acids is 2. The van der Waals surface area contributed by atoms with Crippen molar-refractivity contribution in [1.29, 1.82) is 0 Å². The topological polar surface area (TPSA) is 77.0 Å². The lowest BCUT2D eigenvalue weighted by molar-refractivity contribution is -0.123. The molecular weight excluding hydrogens is 484 g/mol. The predicted molar refractivity (Wildman–Crippen MR) is 131 cm³/mol. The number of nitrogens with one attached hydrogen (secondary N) is 1. The van der Waals surface area contributed by atoms with E-state index >= 15 is 0 Å². The van der Waals surface area contributed by atoms with Crippen LogP contribution in [0.1, 0.15) is 15.9 Å². The quantitative estimate of drug-likeness (QED) is 0.160. The third-order valence-corrected chi connectivity index (χ3v) is 5.14. The molecule has 0 heterocycles.